The number of Topliss-reactive ketones (excluding diaryl/α,β-unsaturated/α-hetero) is 1. The van der Waals surface area contributed by atoms with E-state index in [-0.39, 0.29) is 28.6 Å². The molecule has 0 atom stereocenters. The van der Waals surface area contributed by atoms with Gasteiger partial charge in [0.15, 0.2) is 11.5 Å². The van der Waals surface area contributed by atoms with Crippen LogP contribution in [0.2, 0.25) is 0 Å². The highest BCUT2D eigenvalue weighted by molar-refractivity contribution is 7.19. The summed E-state index contributed by atoms with van der Waals surface area (Å²) < 4.78 is 4.94. The van der Waals surface area contributed by atoms with Gasteiger partial charge in [-0.2, -0.15) is 0 Å². The zero-order valence-corrected chi connectivity index (χ0v) is 12.5. The van der Waals surface area contributed by atoms with Crippen LogP contribution in [0.4, 0.5) is 10.7 Å². The number of esters is 1. The van der Waals surface area contributed by atoms with Gasteiger partial charge >= 0.3 is 5.97 Å². The van der Waals surface area contributed by atoms with Crippen molar-refractivity contribution < 1.29 is 19.4 Å². The molecule has 2 N–H and O–H groups in total. The van der Waals surface area contributed by atoms with Crippen molar-refractivity contribution in [2.75, 3.05) is 11.9 Å². The number of hydrogen-bond donors (Lipinski definition) is 2. The van der Waals surface area contributed by atoms with Crippen LogP contribution in [0.25, 0.3) is 0 Å². The lowest BCUT2D eigenvalue weighted by Gasteiger charge is -2.07. The van der Waals surface area contributed by atoms with Gasteiger partial charge in [0, 0.05) is 12.6 Å². The van der Waals surface area contributed by atoms with E-state index in [0.717, 1.165) is 17.0 Å². The number of anilines is 2. The Bertz CT molecular complexity index is 664. The second-order valence-electron chi connectivity index (χ2n) is 4.25. The number of aromatic hydroxyl groups is 1. The first-order valence-corrected chi connectivity index (χ1v) is 7.22. The minimum Gasteiger partial charge on any atom is -0.505 e. The zero-order chi connectivity index (χ0) is 15.4. The van der Waals surface area contributed by atoms with Crippen molar-refractivity contribution in [3.63, 3.8) is 0 Å². The first-order valence-electron chi connectivity index (χ1n) is 6.40. The highest BCUT2D eigenvalue weighted by atomic mass is 32.1. The molecule has 0 aliphatic carbocycles. The van der Waals surface area contributed by atoms with Gasteiger partial charge in [0.05, 0.1) is 6.61 Å². The summed E-state index contributed by atoms with van der Waals surface area (Å²) in [5.74, 6) is -1.29. The Hall–Kier alpha value is -2.34. The van der Waals surface area contributed by atoms with E-state index in [1.807, 2.05) is 30.3 Å². The third kappa shape index (κ3) is 3.22. The lowest BCUT2D eigenvalue weighted by Crippen LogP contribution is -2.06. The number of ketones is 1. The molecule has 1 aromatic carbocycles. The number of benzene rings is 1. The molecule has 0 saturated heterocycles. The summed E-state index contributed by atoms with van der Waals surface area (Å²) in [5, 5.41) is 13.5. The number of carbonyl (C=O) groups excluding carboxylic acids is 2. The van der Waals surface area contributed by atoms with Gasteiger partial charge in [-0.15, -0.1) is 11.3 Å². The zero-order valence-electron chi connectivity index (χ0n) is 11.7. The van der Waals surface area contributed by atoms with Gasteiger partial charge in [0.25, 0.3) is 0 Å². The van der Waals surface area contributed by atoms with Crippen LogP contribution in [0.5, 0.6) is 5.75 Å². The molecule has 6 heteroatoms. The van der Waals surface area contributed by atoms with Crippen molar-refractivity contribution in [2.45, 2.75) is 13.8 Å². The molecule has 0 unspecified atom stereocenters. The van der Waals surface area contributed by atoms with E-state index >= 15 is 0 Å². The molecule has 0 aliphatic rings. The molecule has 0 bridgehead atoms. The molecule has 1 aromatic heterocycles. The maximum absolute atomic E-state index is 12.0. The van der Waals surface area contributed by atoms with Crippen LogP contribution >= 0.6 is 11.3 Å². The molecule has 0 aliphatic heterocycles. The number of carbonyl (C=O) groups is 2. The van der Waals surface area contributed by atoms with E-state index in [0.29, 0.717) is 5.00 Å². The van der Waals surface area contributed by atoms with Crippen molar-refractivity contribution in [1.29, 1.82) is 0 Å². The van der Waals surface area contributed by atoms with Gasteiger partial charge in [-0.3, -0.25) is 4.79 Å². The Morgan fingerprint density at radius 3 is 2.52 bits per heavy atom. The number of ether oxygens (including phenoxy) is 1. The number of para-hydroxylation sites is 1. The lowest BCUT2D eigenvalue weighted by molar-refractivity contribution is 0.0525. The Morgan fingerprint density at radius 1 is 1.29 bits per heavy atom. The quantitative estimate of drug-likeness (QED) is 0.652. The molecule has 110 valence electrons. The van der Waals surface area contributed by atoms with Crippen molar-refractivity contribution in [2.24, 2.45) is 0 Å². The fourth-order valence-corrected chi connectivity index (χ4v) is 2.79. The van der Waals surface area contributed by atoms with E-state index < -0.39 is 5.97 Å². The van der Waals surface area contributed by atoms with E-state index in [1.54, 1.807) is 6.92 Å². The molecule has 0 radical (unpaired) electrons. The van der Waals surface area contributed by atoms with Crippen LogP contribution in [0.1, 0.15) is 33.9 Å². The fourth-order valence-electron chi connectivity index (χ4n) is 1.79. The second kappa shape index (κ2) is 6.41. The SMILES string of the molecule is CCOC(=O)c1c(Nc2ccccc2)sc(C(C)=O)c1O. The van der Waals surface area contributed by atoms with Gasteiger partial charge in [-0.25, -0.2) is 4.79 Å². The third-order valence-corrected chi connectivity index (χ3v) is 3.91. The smallest absolute Gasteiger partial charge is 0.344 e. The predicted molar refractivity (Wildman–Crippen MR) is 81.7 cm³/mol. The summed E-state index contributed by atoms with van der Waals surface area (Å²) in [4.78, 5) is 23.7. The third-order valence-electron chi connectivity index (χ3n) is 2.71. The first kappa shape index (κ1) is 15.1. The molecule has 0 spiro atoms. The standard InChI is InChI=1S/C15H15NO4S/c1-3-20-15(19)11-12(18)13(9(2)17)21-14(11)16-10-7-5-4-6-8-10/h4-8,16,18H,3H2,1-2H3. The number of rotatable bonds is 5. The first-order chi connectivity index (χ1) is 10.0. The summed E-state index contributed by atoms with van der Waals surface area (Å²) >= 11 is 1.03. The van der Waals surface area contributed by atoms with E-state index in [9.17, 15) is 14.7 Å². The average Bonchev–Trinajstić information content (AvgIpc) is 2.77. The Morgan fingerprint density at radius 2 is 1.95 bits per heavy atom. The van der Waals surface area contributed by atoms with Gasteiger partial charge in [-0.05, 0) is 19.1 Å². The van der Waals surface area contributed by atoms with Crippen LogP contribution in [-0.4, -0.2) is 23.5 Å². The summed E-state index contributed by atoms with van der Waals surface area (Å²) in [6.45, 7) is 3.21. The van der Waals surface area contributed by atoms with Gasteiger partial charge < -0.3 is 15.2 Å². The van der Waals surface area contributed by atoms with E-state index in [1.165, 1.54) is 6.92 Å². The van der Waals surface area contributed by atoms with Crippen LogP contribution in [0.3, 0.4) is 0 Å². The van der Waals surface area contributed by atoms with Gasteiger partial charge in [-0.1, -0.05) is 18.2 Å². The molecule has 0 amide bonds. The molecule has 0 fully saturated rings. The second-order valence-corrected chi connectivity index (χ2v) is 5.27. The van der Waals surface area contributed by atoms with Crippen molar-refractivity contribution in [3.8, 4) is 5.75 Å². The normalized spacial score (nSPS) is 10.2. The predicted octanol–water partition coefficient (Wildman–Crippen LogP) is 3.58. The molecule has 5 nitrogen and oxygen atoms in total. The molecule has 2 rings (SSSR count). The van der Waals surface area contributed by atoms with Crippen LogP contribution in [0.15, 0.2) is 30.3 Å². The van der Waals surface area contributed by atoms with Crippen molar-refractivity contribution in [3.05, 3.63) is 40.8 Å². The Kier molecular flexibility index (Phi) is 4.59. The maximum atomic E-state index is 12.0. The van der Waals surface area contributed by atoms with Crippen LogP contribution in [0, 0.1) is 0 Å². The summed E-state index contributed by atoms with van der Waals surface area (Å²) in [6.07, 6.45) is 0. The highest BCUT2D eigenvalue weighted by Gasteiger charge is 2.26. The van der Waals surface area contributed by atoms with Gasteiger partial charge in [0.2, 0.25) is 0 Å². The van der Waals surface area contributed by atoms with Gasteiger partial charge in [0.1, 0.15) is 15.4 Å². The summed E-state index contributed by atoms with van der Waals surface area (Å²) in [5.41, 5.74) is 0.746. The topological polar surface area (TPSA) is 75.6 Å². The minimum atomic E-state index is -0.655. The molecule has 0 saturated carbocycles. The molecular formula is C15H15NO4S. The Labute approximate surface area is 126 Å². The summed E-state index contributed by atoms with van der Waals surface area (Å²) in [6, 6.07) is 9.18. The fraction of sp³-hybridized carbons (Fsp3) is 0.200. The molecular weight excluding hydrogens is 290 g/mol. The van der Waals surface area contributed by atoms with E-state index in [4.69, 9.17) is 4.74 Å². The number of hydrogen-bond acceptors (Lipinski definition) is 6. The number of thiophene rings is 1. The lowest BCUT2D eigenvalue weighted by atomic mass is 10.2. The number of nitrogens with one attached hydrogen (secondary N) is 1. The molecule has 21 heavy (non-hydrogen) atoms. The van der Waals surface area contributed by atoms with Crippen molar-refractivity contribution in [1.82, 2.24) is 0 Å². The van der Waals surface area contributed by atoms with Crippen molar-refractivity contribution >= 4 is 33.8 Å². The largest absolute Gasteiger partial charge is 0.505 e. The maximum Gasteiger partial charge on any atom is 0.344 e. The average molecular weight is 305 g/mol. The van der Waals surface area contributed by atoms with E-state index in [2.05, 4.69) is 5.32 Å². The molecule has 1 heterocycles. The van der Waals surface area contributed by atoms with Crippen LogP contribution < -0.4 is 5.32 Å². The van der Waals surface area contributed by atoms with Crippen LogP contribution in [-0.2, 0) is 4.74 Å². The Balaban J connectivity index is 2.45. The highest BCUT2D eigenvalue weighted by Crippen LogP contribution is 2.40. The monoisotopic (exact) mass is 305 g/mol. The summed E-state index contributed by atoms with van der Waals surface area (Å²) in [7, 11) is 0. The molecule has 2 aromatic rings. The minimum absolute atomic E-state index is 0.00379.